The summed E-state index contributed by atoms with van der Waals surface area (Å²) in [6.07, 6.45) is 0. The Morgan fingerprint density at radius 1 is 1.45 bits per heavy atom. The molecule has 0 aromatic rings. The summed E-state index contributed by atoms with van der Waals surface area (Å²) in [7, 11) is 3.03. The lowest BCUT2D eigenvalue weighted by Crippen LogP contribution is -2.33. The largest absolute Gasteiger partial charge is 0.264 e. The smallest absolute Gasteiger partial charge is 0.190 e. The van der Waals surface area contributed by atoms with Gasteiger partial charge in [-0.25, -0.2) is 9.56 Å². The lowest BCUT2D eigenvalue weighted by Gasteiger charge is -2.28. The number of hydrazine groups is 2. The molecule has 0 aromatic heterocycles. The van der Waals surface area contributed by atoms with Crippen LogP contribution in [-0.2, 0) is 11.8 Å². The highest BCUT2D eigenvalue weighted by atomic mass is 32.4. The first kappa shape index (κ1) is 10.8. The topological polar surface area (TPSA) is 107 Å². The molecule has 0 saturated heterocycles. The summed E-state index contributed by atoms with van der Waals surface area (Å²) in [5, 5.41) is 0. The van der Waals surface area contributed by atoms with Crippen molar-refractivity contribution in [2.24, 2.45) is 16.6 Å². The molecule has 9 heteroatoms. The van der Waals surface area contributed by atoms with E-state index in [-0.39, 0.29) is 0 Å². The third-order valence-electron chi connectivity index (χ3n) is 0.978. The summed E-state index contributed by atoms with van der Waals surface area (Å²) in [5.41, 5.74) is 8.15. The molecule has 7 nitrogen and oxygen atoms in total. The molecule has 0 saturated carbocycles. The normalized spacial score (nSPS) is 11.8. The molecule has 0 aromatic carbocycles. The van der Waals surface area contributed by atoms with Crippen molar-refractivity contribution in [2.45, 2.75) is 0 Å². The minimum absolute atomic E-state index is 1.15. The predicted octanol–water partition coefficient (Wildman–Crippen LogP) is 0.132. The van der Waals surface area contributed by atoms with E-state index in [1.807, 2.05) is 0 Å². The van der Waals surface area contributed by atoms with Gasteiger partial charge in [0.25, 0.3) is 0 Å². The molecule has 0 unspecified atom stereocenters. The third kappa shape index (κ3) is 2.39. The second kappa shape index (κ2) is 3.99. The Kier molecular flexibility index (Phi) is 3.91. The lowest BCUT2D eigenvalue weighted by molar-refractivity contribution is 0.489. The van der Waals surface area contributed by atoms with Gasteiger partial charge in [-0.1, -0.05) is 11.8 Å². The van der Waals surface area contributed by atoms with E-state index in [1.165, 1.54) is 14.1 Å². The van der Waals surface area contributed by atoms with Crippen LogP contribution in [0.4, 0.5) is 0 Å². The van der Waals surface area contributed by atoms with Crippen LogP contribution in [0.25, 0.3) is 10.4 Å². The van der Waals surface area contributed by atoms with Gasteiger partial charge in [0.05, 0.1) is 0 Å². The predicted molar refractivity (Wildman–Crippen MR) is 47.3 cm³/mol. The number of nitrogens with two attached hydrogens (primary N) is 2. The van der Waals surface area contributed by atoms with Gasteiger partial charge in [-0.15, -0.1) is 0 Å². The first-order valence-corrected chi connectivity index (χ1v) is 5.25. The zero-order valence-corrected chi connectivity index (χ0v) is 7.96. The quantitative estimate of drug-likeness (QED) is 0.166. The van der Waals surface area contributed by atoms with Crippen LogP contribution in [0.1, 0.15) is 0 Å². The molecular formula is C2H10N7PS. The van der Waals surface area contributed by atoms with Crippen LogP contribution >= 0.6 is 6.49 Å². The highest BCUT2D eigenvalue weighted by Crippen LogP contribution is 2.49. The molecule has 0 fully saturated rings. The number of azide groups is 1. The third-order valence-corrected chi connectivity index (χ3v) is 4.70. The fraction of sp³-hybridized carbons (Fsp3) is 1.00. The van der Waals surface area contributed by atoms with Crippen molar-refractivity contribution in [3.8, 4) is 0 Å². The Hall–Kier alpha value is -0.200. The van der Waals surface area contributed by atoms with Crippen LogP contribution in [0.5, 0.6) is 0 Å². The van der Waals surface area contributed by atoms with E-state index < -0.39 is 6.49 Å². The molecule has 0 radical (unpaired) electrons. The van der Waals surface area contributed by atoms with Gasteiger partial charge < -0.3 is 0 Å². The van der Waals surface area contributed by atoms with Gasteiger partial charge in [0, 0.05) is 19.0 Å². The first-order valence-electron chi connectivity index (χ1n) is 2.59. The molecule has 0 atom stereocenters. The van der Waals surface area contributed by atoms with Crippen molar-refractivity contribution >= 4 is 18.3 Å². The van der Waals surface area contributed by atoms with Crippen LogP contribution in [-0.4, -0.2) is 23.7 Å². The molecule has 0 spiro atoms. The molecule has 0 aliphatic heterocycles. The molecule has 0 aliphatic rings. The van der Waals surface area contributed by atoms with Gasteiger partial charge >= 0.3 is 0 Å². The van der Waals surface area contributed by atoms with Crippen LogP contribution < -0.4 is 11.7 Å². The molecule has 0 bridgehead atoms. The van der Waals surface area contributed by atoms with Crippen molar-refractivity contribution in [1.82, 2.24) is 9.56 Å². The van der Waals surface area contributed by atoms with Gasteiger partial charge in [0.1, 0.15) is 0 Å². The molecule has 4 N–H and O–H groups in total. The summed E-state index contributed by atoms with van der Waals surface area (Å²) in [6, 6.07) is 0. The zero-order chi connectivity index (χ0) is 9.07. The summed E-state index contributed by atoms with van der Waals surface area (Å²) in [6.45, 7) is -2.60. The maximum atomic E-state index is 8.15. The van der Waals surface area contributed by atoms with E-state index in [2.05, 4.69) is 9.80 Å². The molecular weight excluding hydrogens is 185 g/mol. The summed E-state index contributed by atoms with van der Waals surface area (Å²) < 4.78 is 2.31. The monoisotopic (exact) mass is 195 g/mol. The van der Waals surface area contributed by atoms with Crippen LogP contribution in [0.3, 0.4) is 0 Å². The Morgan fingerprint density at radius 2 is 1.82 bits per heavy atom. The summed E-state index contributed by atoms with van der Waals surface area (Å²) in [4.78, 5) is 5.94. The minimum atomic E-state index is -2.60. The van der Waals surface area contributed by atoms with E-state index >= 15 is 0 Å². The van der Waals surface area contributed by atoms with E-state index in [0.29, 0.717) is 0 Å². The lowest BCUT2D eigenvalue weighted by atomic mass is 11.5. The highest BCUT2D eigenvalue weighted by molar-refractivity contribution is 8.11. The number of hydrogen-bond donors (Lipinski definition) is 2. The first-order chi connectivity index (χ1) is 4.95. The summed E-state index contributed by atoms with van der Waals surface area (Å²) in [5.74, 6) is 10.7. The highest BCUT2D eigenvalue weighted by Gasteiger charge is 2.21. The van der Waals surface area contributed by atoms with Gasteiger partial charge in [0.2, 0.25) is 0 Å². The van der Waals surface area contributed by atoms with E-state index in [1.54, 1.807) is 0 Å². The second-order valence-corrected chi connectivity index (χ2v) is 5.78. The Bertz CT molecular complexity index is 204. The molecule has 11 heavy (non-hydrogen) atoms. The fourth-order valence-electron chi connectivity index (χ4n) is 0.401. The van der Waals surface area contributed by atoms with Gasteiger partial charge in [-0.3, -0.25) is 11.7 Å². The SMILES string of the molecule is CN(N)P(=S)(N=[N+]=[N-])N(C)N. The van der Waals surface area contributed by atoms with Gasteiger partial charge in [0.15, 0.2) is 6.49 Å². The van der Waals surface area contributed by atoms with Gasteiger partial charge in [-0.2, -0.15) is 0 Å². The summed E-state index contributed by atoms with van der Waals surface area (Å²) >= 11 is 4.94. The van der Waals surface area contributed by atoms with Crippen molar-refractivity contribution in [1.29, 1.82) is 0 Å². The van der Waals surface area contributed by atoms with E-state index in [0.717, 1.165) is 9.56 Å². The van der Waals surface area contributed by atoms with Gasteiger partial charge in [-0.05, 0) is 10.4 Å². The second-order valence-electron chi connectivity index (χ2n) is 1.84. The van der Waals surface area contributed by atoms with Crippen LogP contribution in [0.2, 0.25) is 0 Å². The molecule has 0 rings (SSSR count). The van der Waals surface area contributed by atoms with E-state index in [9.17, 15) is 0 Å². The number of nitrogens with zero attached hydrogens (tertiary/aromatic N) is 5. The van der Waals surface area contributed by atoms with Crippen LogP contribution in [0.15, 0.2) is 4.88 Å². The fourth-order valence-corrected chi connectivity index (χ4v) is 1.30. The average molecular weight is 195 g/mol. The van der Waals surface area contributed by atoms with E-state index in [4.69, 9.17) is 29.0 Å². The molecule has 0 aliphatic carbocycles. The average Bonchev–Trinajstić information content (AvgIpc) is 1.87. The van der Waals surface area contributed by atoms with Crippen molar-refractivity contribution in [3.05, 3.63) is 10.4 Å². The maximum absolute atomic E-state index is 8.15. The molecule has 0 heterocycles. The molecule has 0 amide bonds. The number of rotatable bonds is 3. The molecule has 64 valence electrons. The zero-order valence-electron chi connectivity index (χ0n) is 6.25. The Balaban J connectivity index is 4.83. The van der Waals surface area contributed by atoms with Crippen molar-refractivity contribution in [3.63, 3.8) is 0 Å². The Morgan fingerprint density at radius 3 is 1.91 bits per heavy atom. The maximum Gasteiger partial charge on any atom is 0.190 e. The van der Waals surface area contributed by atoms with Crippen molar-refractivity contribution in [2.75, 3.05) is 14.1 Å². The van der Waals surface area contributed by atoms with Crippen molar-refractivity contribution < 1.29 is 0 Å². The Labute approximate surface area is 69.7 Å². The number of hydrogen-bond acceptors (Lipinski definition) is 3. The van der Waals surface area contributed by atoms with Crippen LogP contribution in [0, 0.1) is 0 Å². The standard InChI is InChI=1S/C2H10N7PS/c1-8(4)10(11,7-6-3)9(2)5/h4-5H2,1-2H3. The minimum Gasteiger partial charge on any atom is -0.264 e.